The first-order valence-corrected chi connectivity index (χ1v) is 13.7. The summed E-state index contributed by atoms with van der Waals surface area (Å²) < 4.78 is 17.4. The fourth-order valence-corrected chi connectivity index (χ4v) is 8.73. The van der Waals surface area contributed by atoms with Gasteiger partial charge in [0.05, 0.1) is 13.7 Å². The molecule has 3 aromatic rings. The standard InChI is InChI=1S/C29H35NO4Si/c1-23(20-21-33-28(31)30-24-16-18-25(32-5)19-17-24)22-34-35(29(2,3)4,26-12-8-6-9-13-26)27-14-10-7-11-15-27/h6-20H,21-22H2,1-5H3,(H,30,31)/b23-20+. The molecular formula is C29H35NO4Si. The summed E-state index contributed by atoms with van der Waals surface area (Å²) in [5, 5.41) is 5.10. The fourth-order valence-electron chi connectivity index (χ4n) is 4.13. The van der Waals surface area contributed by atoms with E-state index in [0.29, 0.717) is 12.3 Å². The summed E-state index contributed by atoms with van der Waals surface area (Å²) in [4.78, 5) is 12.1. The van der Waals surface area contributed by atoms with Crippen molar-refractivity contribution in [3.05, 3.63) is 96.6 Å². The average molecular weight is 490 g/mol. The van der Waals surface area contributed by atoms with Crippen molar-refractivity contribution in [3.63, 3.8) is 0 Å². The van der Waals surface area contributed by atoms with Gasteiger partial charge in [-0.15, -0.1) is 0 Å². The van der Waals surface area contributed by atoms with Gasteiger partial charge in [0, 0.05) is 5.69 Å². The van der Waals surface area contributed by atoms with Crippen molar-refractivity contribution in [1.29, 1.82) is 0 Å². The minimum atomic E-state index is -2.60. The summed E-state index contributed by atoms with van der Waals surface area (Å²) in [6.07, 6.45) is 1.39. The number of carbonyl (C=O) groups excluding carboxylic acids is 1. The Balaban J connectivity index is 1.69. The van der Waals surface area contributed by atoms with E-state index in [2.05, 4.69) is 74.6 Å². The fraction of sp³-hybridized carbons (Fsp3) is 0.276. The van der Waals surface area contributed by atoms with Gasteiger partial charge in [-0.05, 0) is 58.3 Å². The van der Waals surface area contributed by atoms with Crippen molar-refractivity contribution in [1.82, 2.24) is 0 Å². The largest absolute Gasteiger partial charge is 0.497 e. The molecule has 0 aliphatic carbocycles. The van der Waals surface area contributed by atoms with Crippen LogP contribution in [0.3, 0.4) is 0 Å². The maximum atomic E-state index is 12.1. The lowest BCUT2D eigenvalue weighted by molar-refractivity contribution is 0.173. The molecule has 0 saturated carbocycles. The predicted molar refractivity (Wildman–Crippen MR) is 145 cm³/mol. The molecule has 0 bridgehead atoms. The van der Waals surface area contributed by atoms with Gasteiger partial charge >= 0.3 is 6.09 Å². The van der Waals surface area contributed by atoms with Crippen molar-refractivity contribution in [2.45, 2.75) is 32.7 Å². The second-order valence-electron chi connectivity index (χ2n) is 9.45. The summed E-state index contributed by atoms with van der Waals surface area (Å²) in [6.45, 7) is 9.39. The molecule has 5 nitrogen and oxygen atoms in total. The third kappa shape index (κ3) is 6.62. The zero-order valence-electron chi connectivity index (χ0n) is 21.2. The van der Waals surface area contributed by atoms with Gasteiger partial charge in [-0.25, -0.2) is 4.79 Å². The zero-order chi connectivity index (χ0) is 25.3. The van der Waals surface area contributed by atoms with Crippen LogP contribution in [0.15, 0.2) is 96.6 Å². The van der Waals surface area contributed by atoms with E-state index in [9.17, 15) is 4.79 Å². The van der Waals surface area contributed by atoms with Crippen molar-refractivity contribution in [2.24, 2.45) is 0 Å². The molecule has 0 saturated heterocycles. The van der Waals surface area contributed by atoms with Crippen LogP contribution < -0.4 is 20.4 Å². The number of ether oxygens (including phenoxy) is 2. The van der Waals surface area contributed by atoms with Crippen LogP contribution >= 0.6 is 0 Å². The van der Waals surface area contributed by atoms with Gasteiger partial charge in [0.1, 0.15) is 12.4 Å². The van der Waals surface area contributed by atoms with Crippen LogP contribution in [0.4, 0.5) is 10.5 Å². The number of methoxy groups -OCH3 is 1. The zero-order valence-corrected chi connectivity index (χ0v) is 22.2. The molecular weight excluding hydrogens is 454 g/mol. The second-order valence-corrected chi connectivity index (χ2v) is 13.8. The molecule has 35 heavy (non-hydrogen) atoms. The summed E-state index contributed by atoms with van der Waals surface area (Å²) in [6, 6.07) is 28.2. The van der Waals surface area contributed by atoms with E-state index < -0.39 is 14.4 Å². The monoisotopic (exact) mass is 489 g/mol. The molecule has 3 rings (SSSR count). The van der Waals surface area contributed by atoms with Gasteiger partial charge in [0.25, 0.3) is 8.32 Å². The van der Waals surface area contributed by atoms with Crippen molar-refractivity contribution in [3.8, 4) is 5.75 Å². The van der Waals surface area contributed by atoms with E-state index in [4.69, 9.17) is 13.9 Å². The first-order valence-electron chi connectivity index (χ1n) is 11.7. The molecule has 0 aliphatic heterocycles. The van der Waals surface area contributed by atoms with E-state index in [1.54, 1.807) is 31.4 Å². The van der Waals surface area contributed by atoms with E-state index in [-0.39, 0.29) is 11.6 Å². The maximum Gasteiger partial charge on any atom is 0.411 e. The van der Waals surface area contributed by atoms with Gasteiger partial charge in [-0.3, -0.25) is 5.32 Å². The molecule has 3 aromatic carbocycles. The minimum Gasteiger partial charge on any atom is -0.497 e. The Morgan fingerprint density at radius 3 is 1.91 bits per heavy atom. The van der Waals surface area contributed by atoms with Crippen molar-refractivity contribution < 1.29 is 18.7 Å². The minimum absolute atomic E-state index is 0.0925. The first-order chi connectivity index (χ1) is 16.8. The van der Waals surface area contributed by atoms with Crippen LogP contribution in [0.2, 0.25) is 5.04 Å². The first kappa shape index (κ1) is 26.3. The molecule has 6 heteroatoms. The molecule has 0 fully saturated rings. The van der Waals surface area contributed by atoms with E-state index in [1.807, 2.05) is 25.1 Å². The normalized spacial score (nSPS) is 12.2. The SMILES string of the molecule is COc1ccc(NC(=O)OC/C=C(\C)CO[Si](c2ccccc2)(c2ccccc2)C(C)(C)C)cc1. The number of rotatable bonds is 9. The van der Waals surface area contributed by atoms with Crippen LogP contribution in [0.1, 0.15) is 27.7 Å². The number of benzene rings is 3. The lowest BCUT2D eigenvalue weighted by Gasteiger charge is -2.43. The molecule has 0 atom stereocenters. The van der Waals surface area contributed by atoms with Crippen molar-refractivity contribution in [2.75, 3.05) is 25.6 Å². The van der Waals surface area contributed by atoms with Crippen LogP contribution in [0.25, 0.3) is 0 Å². The lowest BCUT2D eigenvalue weighted by atomic mass is 10.2. The Bertz CT molecular complexity index is 1070. The van der Waals surface area contributed by atoms with Gasteiger partial charge in [-0.2, -0.15) is 0 Å². The average Bonchev–Trinajstić information content (AvgIpc) is 2.85. The van der Waals surface area contributed by atoms with Crippen LogP contribution in [0, 0.1) is 0 Å². The third-order valence-electron chi connectivity index (χ3n) is 5.92. The van der Waals surface area contributed by atoms with E-state index in [1.165, 1.54) is 10.4 Å². The van der Waals surface area contributed by atoms with Gasteiger partial charge < -0.3 is 13.9 Å². The molecule has 1 amide bonds. The number of nitrogens with one attached hydrogen (secondary N) is 1. The number of hydrogen-bond donors (Lipinski definition) is 1. The number of carbonyl (C=O) groups is 1. The van der Waals surface area contributed by atoms with E-state index in [0.717, 1.165) is 11.3 Å². The van der Waals surface area contributed by atoms with Crippen LogP contribution in [0.5, 0.6) is 5.75 Å². The Morgan fingerprint density at radius 1 is 0.886 bits per heavy atom. The maximum absolute atomic E-state index is 12.1. The highest BCUT2D eigenvalue weighted by atomic mass is 28.4. The number of anilines is 1. The summed E-state index contributed by atoms with van der Waals surface area (Å²) in [5.74, 6) is 0.725. The van der Waals surface area contributed by atoms with Gasteiger partial charge in [-0.1, -0.05) is 81.4 Å². The topological polar surface area (TPSA) is 56.8 Å². The highest BCUT2D eigenvalue weighted by molar-refractivity contribution is 6.99. The van der Waals surface area contributed by atoms with E-state index >= 15 is 0 Å². The molecule has 0 aromatic heterocycles. The predicted octanol–water partition coefficient (Wildman–Crippen LogP) is 5.77. The number of hydrogen-bond acceptors (Lipinski definition) is 4. The smallest absolute Gasteiger partial charge is 0.411 e. The molecule has 184 valence electrons. The van der Waals surface area contributed by atoms with Gasteiger partial charge in [0.2, 0.25) is 0 Å². The molecule has 1 N–H and O–H groups in total. The highest BCUT2D eigenvalue weighted by Crippen LogP contribution is 2.37. The van der Waals surface area contributed by atoms with Gasteiger partial charge in [0.15, 0.2) is 0 Å². The third-order valence-corrected chi connectivity index (χ3v) is 10.9. The van der Waals surface area contributed by atoms with Crippen molar-refractivity contribution >= 4 is 30.5 Å². The Labute approximate surface area is 209 Å². The Hall–Kier alpha value is -3.35. The highest BCUT2D eigenvalue weighted by Gasteiger charge is 2.50. The molecule has 0 unspecified atom stereocenters. The van der Waals surface area contributed by atoms with Crippen LogP contribution in [-0.4, -0.2) is 34.7 Å². The molecule has 0 heterocycles. The quantitative estimate of drug-likeness (QED) is 0.306. The Kier molecular flexibility index (Phi) is 8.90. The lowest BCUT2D eigenvalue weighted by Crippen LogP contribution is -2.66. The summed E-state index contributed by atoms with van der Waals surface area (Å²) >= 11 is 0. The molecule has 0 spiro atoms. The Morgan fingerprint density at radius 2 is 1.43 bits per heavy atom. The molecule has 0 radical (unpaired) electrons. The number of amides is 1. The molecule has 0 aliphatic rings. The summed E-state index contributed by atoms with van der Waals surface area (Å²) in [5.41, 5.74) is 1.65. The van der Waals surface area contributed by atoms with Crippen LogP contribution in [-0.2, 0) is 9.16 Å². The second kappa shape index (κ2) is 11.9. The summed E-state index contributed by atoms with van der Waals surface area (Å²) in [7, 11) is -1.00.